The summed E-state index contributed by atoms with van der Waals surface area (Å²) in [4.78, 5) is 0. The van der Waals surface area contributed by atoms with E-state index in [9.17, 15) is 5.26 Å². The molecule has 2 heteroatoms. The molecule has 0 aliphatic rings. The van der Waals surface area contributed by atoms with E-state index in [0.717, 1.165) is 17.5 Å². The Kier molecular flexibility index (Phi) is 7.06. The number of benzene rings is 2. The average Bonchev–Trinajstić information content (AvgIpc) is 2.64. The third kappa shape index (κ3) is 4.97. The number of nitrogens with zero attached hydrogens (tertiary/aromatic N) is 2. The molecular formula is C22H24N2. The van der Waals surface area contributed by atoms with Crippen LogP contribution in [-0.4, -0.2) is 0 Å². The smallest absolute Gasteiger partial charge is 0.0998 e. The number of hydrogen-bond acceptors (Lipinski definition) is 2. The van der Waals surface area contributed by atoms with Crippen molar-refractivity contribution < 1.29 is 0 Å². The van der Waals surface area contributed by atoms with E-state index in [-0.39, 0.29) is 0 Å². The second kappa shape index (κ2) is 9.53. The van der Waals surface area contributed by atoms with E-state index in [2.05, 4.69) is 25.1 Å². The molecule has 0 radical (unpaired) electrons. The Hall–Kier alpha value is -2.58. The van der Waals surface area contributed by atoms with E-state index in [1.54, 1.807) is 12.1 Å². The molecule has 2 rings (SSSR count). The van der Waals surface area contributed by atoms with Crippen LogP contribution in [0.3, 0.4) is 0 Å². The molecule has 2 aromatic carbocycles. The zero-order valence-corrected chi connectivity index (χ0v) is 14.4. The molecular weight excluding hydrogens is 292 g/mol. The predicted octanol–water partition coefficient (Wildman–Crippen LogP) is 6.00. The zero-order valence-electron chi connectivity index (χ0n) is 14.4. The number of nitriles is 2. The van der Waals surface area contributed by atoms with E-state index in [1.165, 1.54) is 44.1 Å². The van der Waals surface area contributed by atoms with E-state index in [0.29, 0.717) is 11.1 Å². The first-order chi connectivity index (χ1) is 11.8. The van der Waals surface area contributed by atoms with Gasteiger partial charge < -0.3 is 0 Å². The van der Waals surface area contributed by atoms with Gasteiger partial charge in [-0.3, -0.25) is 0 Å². The normalized spacial score (nSPS) is 10.1. The molecule has 0 aliphatic heterocycles. The van der Waals surface area contributed by atoms with Crippen LogP contribution in [0.25, 0.3) is 11.1 Å². The van der Waals surface area contributed by atoms with Gasteiger partial charge in [0.2, 0.25) is 0 Å². The van der Waals surface area contributed by atoms with Crippen LogP contribution in [0.2, 0.25) is 0 Å². The molecule has 24 heavy (non-hydrogen) atoms. The van der Waals surface area contributed by atoms with Gasteiger partial charge in [-0.15, -0.1) is 0 Å². The largest absolute Gasteiger partial charge is 0.192 e. The molecule has 0 atom stereocenters. The van der Waals surface area contributed by atoms with Gasteiger partial charge in [0.05, 0.1) is 23.3 Å². The summed E-state index contributed by atoms with van der Waals surface area (Å²) in [6.45, 7) is 2.23. The van der Waals surface area contributed by atoms with Gasteiger partial charge in [-0.2, -0.15) is 10.5 Å². The number of hydrogen-bond donors (Lipinski definition) is 0. The van der Waals surface area contributed by atoms with Crippen molar-refractivity contribution in [1.29, 1.82) is 10.5 Å². The predicted molar refractivity (Wildman–Crippen MR) is 98.4 cm³/mol. The Bertz CT molecular complexity index is 730. The quantitative estimate of drug-likeness (QED) is 0.561. The molecule has 0 aliphatic carbocycles. The Morgan fingerprint density at radius 1 is 0.792 bits per heavy atom. The minimum absolute atomic E-state index is 0.636. The Labute approximate surface area is 145 Å². The molecule has 0 saturated heterocycles. The van der Waals surface area contributed by atoms with Gasteiger partial charge in [-0.1, -0.05) is 63.3 Å². The highest BCUT2D eigenvalue weighted by atomic mass is 14.3. The maximum atomic E-state index is 9.47. The van der Waals surface area contributed by atoms with Crippen molar-refractivity contribution >= 4 is 0 Å². The van der Waals surface area contributed by atoms with Gasteiger partial charge >= 0.3 is 0 Å². The lowest BCUT2D eigenvalue weighted by Crippen LogP contribution is -1.91. The lowest BCUT2D eigenvalue weighted by molar-refractivity contribution is 0.607. The number of aryl methyl sites for hydroxylation is 1. The first-order valence-corrected chi connectivity index (χ1v) is 8.82. The maximum absolute atomic E-state index is 9.47. The van der Waals surface area contributed by atoms with Gasteiger partial charge in [-0.05, 0) is 47.7 Å². The third-order valence-electron chi connectivity index (χ3n) is 4.35. The summed E-state index contributed by atoms with van der Waals surface area (Å²) in [5, 5.41) is 18.4. The molecule has 0 N–H and O–H groups in total. The van der Waals surface area contributed by atoms with Crippen molar-refractivity contribution in [3.8, 4) is 23.3 Å². The second-order valence-electron chi connectivity index (χ2n) is 6.20. The minimum atomic E-state index is 0.636. The molecule has 122 valence electrons. The van der Waals surface area contributed by atoms with Crippen LogP contribution in [0.4, 0.5) is 0 Å². The number of unbranched alkanes of at least 4 members (excludes halogenated alkanes) is 5. The molecule has 2 nitrogen and oxygen atoms in total. The van der Waals surface area contributed by atoms with Crippen molar-refractivity contribution in [2.75, 3.05) is 0 Å². The van der Waals surface area contributed by atoms with Gasteiger partial charge in [-0.25, -0.2) is 0 Å². The fraction of sp³-hybridized carbons (Fsp3) is 0.364. The fourth-order valence-corrected chi connectivity index (χ4v) is 2.92. The highest BCUT2D eigenvalue weighted by Crippen LogP contribution is 2.25. The Morgan fingerprint density at radius 3 is 2.17 bits per heavy atom. The van der Waals surface area contributed by atoms with Crippen LogP contribution in [0, 0.1) is 22.7 Å². The highest BCUT2D eigenvalue weighted by Gasteiger charge is 2.06. The summed E-state index contributed by atoms with van der Waals surface area (Å²) in [6.07, 6.45) is 8.73. The lowest BCUT2D eigenvalue weighted by Gasteiger charge is -2.08. The summed E-state index contributed by atoms with van der Waals surface area (Å²) in [5.74, 6) is 0. The fourth-order valence-electron chi connectivity index (χ4n) is 2.92. The maximum Gasteiger partial charge on any atom is 0.0998 e. The summed E-state index contributed by atoms with van der Waals surface area (Å²) in [6, 6.07) is 18.0. The summed E-state index contributed by atoms with van der Waals surface area (Å²) in [7, 11) is 0. The van der Waals surface area contributed by atoms with E-state index in [4.69, 9.17) is 5.26 Å². The molecule has 0 unspecified atom stereocenters. The third-order valence-corrected chi connectivity index (χ3v) is 4.35. The van der Waals surface area contributed by atoms with Crippen LogP contribution < -0.4 is 0 Å². The average molecular weight is 316 g/mol. The van der Waals surface area contributed by atoms with Gasteiger partial charge in [0.1, 0.15) is 0 Å². The van der Waals surface area contributed by atoms with Crippen LogP contribution >= 0.6 is 0 Å². The van der Waals surface area contributed by atoms with E-state index < -0.39 is 0 Å². The summed E-state index contributed by atoms with van der Waals surface area (Å²) >= 11 is 0. The molecule has 0 bridgehead atoms. The molecule has 0 amide bonds. The summed E-state index contributed by atoms with van der Waals surface area (Å²) < 4.78 is 0. The Morgan fingerprint density at radius 2 is 1.50 bits per heavy atom. The van der Waals surface area contributed by atoms with Gasteiger partial charge in [0.15, 0.2) is 0 Å². The van der Waals surface area contributed by atoms with E-state index >= 15 is 0 Å². The van der Waals surface area contributed by atoms with E-state index in [1.807, 2.05) is 24.3 Å². The Balaban J connectivity index is 2.02. The van der Waals surface area contributed by atoms with Crippen molar-refractivity contribution in [3.63, 3.8) is 0 Å². The molecule has 0 saturated carbocycles. The van der Waals surface area contributed by atoms with Gasteiger partial charge in [0, 0.05) is 0 Å². The van der Waals surface area contributed by atoms with Crippen molar-refractivity contribution in [1.82, 2.24) is 0 Å². The minimum Gasteiger partial charge on any atom is -0.192 e. The molecule has 0 spiro atoms. The SMILES string of the molecule is CCCCCCCCc1ccc(-c2ccc(C#N)cc2)c(C#N)c1. The second-order valence-corrected chi connectivity index (χ2v) is 6.20. The van der Waals surface area contributed by atoms with Crippen LogP contribution in [0.5, 0.6) is 0 Å². The summed E-state index contributed by atoms with van der Waals surface area (Å²) in [5.41, 5.74) is 4.50. The van der Waals surface area contributed by atoms with Crippen molar-refractivity contribution in [2.24, 2.45) is 0 Å². The molecule has 0 heterocycles. The standard InChI is InChI=1S/C22H24N2/c1-2-3-4-5-6-7-8-18-11-14-22(21(15-18)17-24)20-12-9-19(16-23)10-13-20/h9-15H,2-8H2,1H3. The van der Waals surface area contributed by atoms with Crippen molar-refractivity contribution in [2.45, 2.75) is 51.9 Å². The first kappa shape index (κ1) is 17.8. The van der Waals surface area contributed by atoms with Crippen LogP contribution in [-0.2, 0) is 6.42 Å². The zero-order chi connectivity index (χ0) is 17.2. The monoisotopic (exact) mass is 316 g/mol. The van der Waals surface area contributed by atoms with Crippen molar-refractivity contribution in [3.05, 3.63) is 59.2 Å². The topological polar surface area (TPSA) is 47.6 Å². The first-order valence-electron chi connectivity index (χ1n) is 8.82. The highest BCUT2D eigenvalue weighted by molar-refractivity contribution is 5.71. The molecule has 0 aromatic heterocycles. The number of rotatable bonds is 8. The lowest BCUT2D eigenvalue weighted by atomic mass is 9.95. The molecule has 2 aromatic rings. The van der Waals surface area contributed by atoms with Crippen LogP contribution in [0.1, 0.15) is 62.1 Å². The molecule has 0 fully saturated rings. The van der Waals surface area contributed by atoms with Gasteiger partial charge in [0.25, 0.3) is 0 Å². The van der Waals surface area contributed by atoms with Crippen LogP contribution in [0.15, 0.2) is 42.5 Å².